The first-order chi connectivity index (χ1) is 20.1. The van der Waals surface area contributed by atoms with Crippen LogP contribution >= 0.6 is 0 Å². The normalized spacial score (nSPS) is 15.2. The molecular weight excluding hydrogens is 542 g/mol. The number of nitrogens with zero attached hydrogens (tertiary/aromatic N) is 6. The largest absolute Gasteiger partial charge is 0.507 e. The summed E-state index contributed by atoms with van der Waals surface area (Å²) in [5, 5.41) is 10.6. The molecule has 0 spiro atoms. The molecule has 1 atom stereocenters. The number of terminal acetylenes is 1. The molecule has 1 aromatic carbocycles. The predicted octanol–water partition coefficient (Wildman–Crippen LogP) is 4.09. The highest BCUT2D eigenvalue weighted by molar-refractivity contribution is 5.92. The van der Waals surface area contributed by atoms with Crippen molar-refractivity contribution < 1.29 is 18.7 Å². The first-order valence-electron chi connectivity index (χ1n) is 13.3. The van der Waals surface area contributed by atoms with Gasteiger partial charge in [0.25, 0.3) is 0 Å². The number of hydrogen-bond acceptors (Lipinski definition) is 7. The minimum Gasteiger partial charge on any atom is -0.507 e. The Morgan fingerprint density at radius 1 is 1.21 bits per heavy atom. The van der Waals surface area contributed by atoms with Gasteiger partial charge in [0.15, 0.2) is 11.5 Å². The van der Waals surface area contributed by atoms with Gasteiger partial charge in [-0.3, -0.25) is 9.78 Å². The van der Waals surface area contributed by atoms with Crippen molar-refractivity contribution in [1.29, 1.82) is 0 Å². The maximum absolute atomic E-state index is 15.8. The number of phenols is 1. The van der Waals surface area contributed by atoms with E-state index in [9.17, 15) is 19.1 Å². The number of carbonyl (C=O) groups excluding carboxylic acids is 1. The molecule has 1 aliphatic rings. The predicted molar refractivity (Wildman–Crippen MR) is 156 cm³/mol. The lowest BCUT2D eigenvalue weighted by Gasteiger charge is -2.39. The van der Waals surface area contributed by atoms with Crippen LogP contribution in [0, 0.1) is 30.9 Å². The van der Waals surface area contributed by atoms with E-state index in [-0.39, 0.29) is 48.3 Å². The third-order valence-electron chi connectivity index (χ3n) is 7.29. The Bertz CT molecular complexity index is 1830. The maximum atomic E-state index is 15.8. The molecule has 214 valence electrons. The van der Waals surface area contributed by atoms with Crippen LogP contribution in [0.1, 0.15) is 31.0 Å². The summed E-state index contributed by atoms with van der Waals surface area (Å²) >= 11 is 0. The fraction of sp³-hybridized carbons (Fsp3) is 0.258. The number of piperazine rings is 1. The third kappa shape index (κ3) is 4.75. The Labute approximate surface area is 240 Å². The van der Waals surface area contributed by atoms with Crippen LogP contribution in [-0.4, -0.2) is 61.1 Å². The number of benzene rings is 1. The summed E-state index contributed by atoms with van der Waals surface area (Å²) in [6.45, 7) is 9.73. The topological polar surface area (TPSA) is 104 Å². The standard InChI is InChI=1S/C31H28F2N6O3/c1-6-19-16-37(24(41)7-2)13-14-38(19)29-20-15-22(33)27(25-21(32)9-8-10-23(25)40)35-30(20)39(31(42)36-29)28-18(5)11-12-34-26(28)17(3)4/h1,7-12,15,17,19,40H,2,13-14,16H2,3-5H3. The molecule has 1 N–H and O–H groups in total. The van der Waals surface area contributed by atoms with E-state index in [1.54, 1.807) is 24.1 Å². The number of aryl methyl sites for hydroxylation is 1. The van der Waals surface area contributed by atoms with Crippen LogP contribution in [-0.2, 0) is 4.79 Å². The van der Waals surface area contributed by atoms with E-state index >= 15 is 4.39 Å². The van der Waals surface area contributed by atoms with Crippen molar-refractivity contribution in [2.75, 3.05) is 24.5 Å². The second-order valence-electron chi connectivity index (χ2n) is 10.3. The molecule has 0 saturated carbocycles. The van der Waals surface area contributed by atoms with E-state index in [2.05, 4.69) is 27.5 Å². The molecule has 1 saturated heterocycles. The molecule has 4 aromatic rings. The Kier molecular flexibility index (Phi) is 7.47. The molecule has 1 aliphatic heterocycles. The van der Waals surface area contributed by atoms with Crippen molar-refractivity contribution in [3.05, 3.63) is 82.6 Å². The van der Waals surface area contributed by atoms with Crippen LogP contribution in [0.3, 0.4) is 0 Å². The highest BCUT2D eigenvalue weighted by atomic mass is 19.1. The summed E-state index contributed by atoms with van der Waals surface area (Å²) in [7, 11) is 0. The zero-order valence-electron chi connectivity index (χ0n) is 23.3. The molecule has 5 rings (SSSR count). The van der Waals surface area contributed by atoms with Crippen molar-refractivity contribution in [2.45, 2.75) is 32.7 Å². The highest BCUT2D eigenvalue weighted by Crippen LogP contribution is 2.36. The first kappa shape index (κ1) is 28.4. The van der Waals surface area contributed by atoms with Crippen LogP contribution in [0.2, 0.25) is 0 Å². The maximum Gasteiger partial charge on any atom is 0.355 e. The van der Waals surface area contributed by atoms with Crippen LogP contribution in [0.5, 0.6) is 5.75 Å². The van der Waals surface area contributed by atoms with Crippen LogP contribution < -0.4 is 10.6 Å². The van der Waals surface area contributed by atoms with E-state index in [1.165, 1.54) is 27.7 Å². The van der Waals surface area contributed by atoms with Gasteiger partial charge in [-0.2, -0.15) is 4.98 Å². The van der Waals surface area contributed by atoms with Gasteiger partial charge in [-0.25, -0.2) is 23.1 Å². The Balaban J connectivity index is 1.85. The Morgan fingerprint density at radius 2 is 1.98 bits per heavy atom. The van der Waals surface area contributed by atoms with Gasteiger partial charge in [0.05, 0.1) is 28.9 Å². The lowest BCUT2D eigenvalue weighted by atomic mass is 10.0. The van der Waals surface area contributed by atoms with Crippen LogP contribution in [0.4, 0.5) is 14.6 Å². The molecule has 1 amide bonds. The lowest BCUT2D eigenvalue weighted by Crippen LogP contribution is -2.54. The number of aromatic hydroxyl groups is 1. The summed E-state index contributed by atoms with van der Waals surface area (Å²) in [5.41, 5.74) is -0.0100. The number of phenolic OH excluding ortho intramolecular Hbond substituents is 1. The summed E-state index contributed by atoms with van der Waals surface area (Å²) in [4.78, 5) is 42.7. The average Bonchev–Trinajstić information content (AvgIpc) is 2.96. The van der Waals surface area contributed by atoms with E-state index in [0.29, 0.717) is 16.9 Å². The summed E-state index contributed by atoms with van der Waals surface area (Å²) in [6, 6.07) is 5.73. The Hall–Kier alpha value is -5.11. The highest BCUT2D eigenvalue weighted by Gasteiger charge is 2.32. The van der Waals surface area contributed by atoms with Gasteiger partial charge in [-0.15, -0.1) is 6.42 Å². The number of fused-ring (bicyclic) bond motifs is 1. The van der Waals surface area contributed by atoms with Gasteiger partial charge in [0, 0.05) is 19.3 Å². The fourth-order valence-electron chi connectivity index (χ4n) is 5.24. The smallest absolute Gasteiger partial charge is 0.355 e. The van der Waals surface area contributed by atoms with E-state index in [1.807, 2.05) is 13.8 Å². The zero-order valence-corrected chi connectivity index (χ0v) is 23.3. The van der Waals surface area contributed by atoms with Gasteiger partial charge in [0.1, 0.15) is 29.1 Å². The van der Waals surface area contributed by atoms with E-state index in [4.69, 9.17) is 6.42 Å². The number of aromatic nitrogens is 4. The van der Waals surface area contributed by atoms with Crippen molar-refractivity contribution in [3.63, 3.8) is 0 Å². The van der Waals surface area contributed by atoms with Gasteiger partial charge >= 0.3 is 5.69 Å². The van der Waals surface area contributed by atoms with Crippen molar-refractivity contribution in [3.8, 4) is 35.0 Å². The molecule has 0 bridgehead atoms. The molecular formula is C31H28F2N6O3. The number of anilines is 1. The van der Waals surface area contributed by atoms with E-state index < -0.39 is 40.4 Å². The lowest BCUT2D eigenvalue weighted by molar-refractivity contribution is -0.126. The molecule has 0 aliphatic carbocycles. The molecule has 4 heterocycles. The molecule has 1 unspecified atom stereocenters. The number of carbonyl (C=O) groups is 1. The third-order valence-corrected chi connectivity index (χ3v) is 7.29. The number of halogens is 2. The minimum atomic E-state index is -0.944. The first-order valence-corrected chi connectivity index (χ1v) is 13.3. The number of rotatable bonds is 5. The Morgan fingerprint density at radius 3 is 2.64 bits per heavy atom. The molecule has 1 fully saturated rings. The van der Waals surface area contributed by atoms with Gasteiger partial charge in [-0.05, 0) is 48.7 Å². The van der Waals surface area contributed by atoms with Gasteiger partial charge in [-0.1, -0.05) is 32.4 Å². The van der Waals surface area contributed by atoms with Crippen molar-refractivity contribution in [1.82, 2.24) is 24.4 Å². The molecule has 9 nitrogen and oxygen atoms in total. The molecule has 11 heteroatoms. The number of pyridine rings is 2. The van der Waals surface area contributed by atoms with Crippen molar-refractivity contribution in [2.24, 2.45) is 0 Å². The monoisotopic (exact) mass is 570 g/mol. The number of hydrogen-bond donors (Lipinski definition) is 1. The number of amides is 1. The van der Waals surface area contributed by atoms with Crippen molar-refractivity contribution >= 4 is 22.8 Å². The minimum absolute atomic E-state index is 0.0255. The summed E-state index contributed by atoms with van der Waals surface area (Å²) in [6.07, 6.45) is 8.66. The quantitative estimate of drug-likeness (QED) is 0.285. The SMILES string of the molecule is C#CC1CN(C(=O)C=C)CCN1c1nc(=O)n(-c2c(C)ccnc2C(C)C)c2nc(-c3c(O)cccc3F)c(F)cc12. The van der Waals surface area contributed by atoms with Gasteiger partial charge < -0.3 is 14.9 Å². The average molecular weight is 571 g/mol. The summed E-state index contributed by atoms with van der Waals surface area (Å²) < 4.78 is 32.0. The fourth-order valence-corrected chi connectivity index (χ4v) is 5.24. The van der Waals surface area contributed by atoms with Crippen LogP contribution in [0.15, 0.2) is 54.0 Å². The molecule has 42 heavy (non-hydrogen) atoms. The van der Waals surface area contributed by atoms with E-state index in [0.717, 1.165) is 12.1 Å². The zero-order chi connectivity index (χ0) is 30.3. The van der Waals surface area contributed by atoms with Crippen LogP contribution in [0.25, 0.3) is 28.0 Å². The molecule has 0 radical (unpaired) electrons. The second kappa shape index (κ2) is 11.0. The molecule has 3 aromatic heterocycles. The second-order valence-corrected chi connectivity index (χ2v) is 10.3. The summed E-state index contributed by atoms with van der Waals surface area (Å²) in [5.74, 6) is -0.0462. The van der Waals surface area contributed by atoms with Gasteiger partial charge in [0.2, 0.25) is 5.91 Å².